The van der Waals surface area contributed by atoms with E-state index in [9.17, 15) is 4.79 Å². The van der Waals surface area contributed by atoms with Crippen molar-refractivity contribution in [3.8, 4) is 0 Å². The highest BCUT2D eigenvalue weighted by molar-refractivity contribution is 5.77. The summed E-state index contributed by atoms with van der Waals surface area (Å²) in [5.41, 5.74) is 3.65. The van der Waals surface area contributed by atoms with E-state index in [0.29, 0.717) is 32.0 Å². The zero-order valence-corrected chi connectivity index (χ0v) is 13.5. The molecule has 0 bridgehead atoms. The van der Waals surface area contributed by atoms with Crippen molar-refractivity contribution >= 4 is 5.91 Å². The lowest BCUT2D eigenvalue weighted by atomic mass is 10.0. The summed E-state index contributed by atoms with van der Waals surface area (Å²) in [4.78, 5) is 18.5. The fraction of sp³-hybridized carbons (Fsp3) is 0.471. The number of nitrogens with zero attached hydrogens (tertiary/aromatic N) is 3. The second kappa shape index (κ2) is 6.91. The maximum atomic E-state index is 12.6. The predicted octanol–water partition coefficient (Wildman–Crippen LogP) is 2.22. The average Bonchev–Trinajstić information content (AvgIpc) is 3.06. The molecule has 1 aromatic heterocycles. The van der Waals surface area contributed by atoms with E-state index in [1.807, 2.05) is 0 Å². The highest BCUT2D eigenvalue weighted by Gasteiger charge is 2.31. The van der Waals surface area contributed by atoms with Crippen LogP contribution in [0.3, 0.4) is 0 Å². The number of carbonyl (C=O) groups is 1. The largest absolute Gasteiger partial charge is 0.377 e. The first-order valence-corrected chi connectivity index (χ1v) is 7.84. The van der Waals surface area contributed by atoms with Gasteiger partial charge >= 0.3 is 0 Å². The summed E-state index contributed by atoms with van der Waals surface area (Å²) in [6.45, 7) is 5.67. The number of carbonyl (C=O) groups excluding carboxylic acids is 1. The van der Waals surface area contributed by atoms with Gasteiger partial charge < -0.3 is 14.2 Å². The lowest BCUT2D eigenvalue weighted by Crippen LogP contribution is -2.43. The first kappa shape index (κ1) is 15.7. The Morgan fingerprint density at radius 1 is 1.30 bits per heavy atom. The van der Waals surface area contributed by atoms with E-state index in [1.165, 1.54) is 23.1 Å². The van der Waals surface area contributed by atoms with E-state index in [-0.39, 0.29) is 11.9 Å². The van der Waals surface area contributed by atoms with Gasteiger partial charge in [-0.15, -0.1) is 0 Å². The van der Waals surface area contributed by atoms with Crippen LogP contribution >= 0.6 is 0 Å². The smallest absolute Gasteiger partial charge is 0.223 e. The summed E-state index contributed by atoms with van der Waals surface area (Å²) in [5.74, 6) is 0.603. The van der Waals surface area contributed by atoms with Gasteiger partial charge in [0, 0.05) is 13.0 Å². The molecule has 1 aliphatic heterocycles. The van der Waals surface area contributed by atoms with Gasteiger partial charge in [0.25, 0.3) is 0 Å². The molecule has 0 saturated carbocycles. The van der Waals surface area contributed by atoms with Crippen LogP contribution in [0.15, 0.2) is 29.1 Å². The van der Waals surface area contributed by atoms with Crippen molar-refractivity contribution < 1.29 is 14.1 Å². The Kier molecular flexibility index (Phi) is 4.71. The molecule has 1 unspecified atom stereocenters. The number of aromatic nitrogens is 2. The molecule has 6 nitrogen and oxygen atoms in total. The minimum absolute atomic E-state index is 0.0993. The van der Waals surface area contributed by atoms with Gasteiger partial charge in [-0.1, -0.05) is 34.5 Å². The lowest BCUT2D eigenvalue weighted by Gasteiger charge is -2.33. The second-order valence-electron chi connectivity index (χ2n) is 5.96. The summed E-state index contributed by atoms with van der Waals surface area (Å²) in [6.07, 6.45) is 2.48. The first-order valence-electron chi connectivity index (χ1n) is 7.84. The van der Waals surface area contributed by atoms with E-state index >= 15 is 0 Å². The highest BCUT2D eigenvalue weighted by Crippen LogP contribution is 2.22. The van der Waals surface area contributed by atoms with Crippen molar-refractivity contribution in [3.05, 3.63) is 47.1 Å². The van der Waals surface area contributed by atoms with Crippen LogP contribution in [-0.4, -0.2) is 40.7 Å². The summed E-state index contributed by atoms with van der Waals surface area (Å²) in [5, 5.41) is 3.85. The summed E-state index contributed by atoms with van der Waals surface area (Å²) in [6, 6.07) is 6.15. The van der Waals surface area contributed by atoms with Crippen molar-refractivity contribution in [1.29, 1.82) is 0 Å². The number of amides is 1. The number of hydrogen-bond donors (Lipinski definition) is 0. The van der Waals surface area contributed by atoms with Crippen molar-refractivity contribution in [3.63, 3.8) is 0 Å². The Labute approximate surface area is 135 Å². The Balaban J connectivity index is 1.66. The van der Waals surface area contributed by atoms with Crippen LogP contribution in [0.2, 0.25) is 0 Å². The molecule has 1 aliphatic rings. The molecule has 122 valence electrons. The number of rotatable bonds is 4. The molecule has 0 spiro atoms. The molecule has 1 saturated heterocycles. The van der Waals surface area contributed by atoms with E-state index < -0.39 is 0 Å². The molecule has 3 rings (SSSR count). The van der Waals surface area contributed by atoms with E-state index in [4.69, 9.17) is 9.26 Å². The molecule has 1 aromatic carbocycles. The molecule has 2 heterocycles. The maximum absolute atomic E-state index is 12.6. The standard InChI is InChI=1S/C17H21N3O3/c1-12-7-13(2)9-14(8-12)3-4-16(21)20-5-6-22-10-15(20)17-18-11-23-19-17/h7-9,11,15H,3-6,10H2,1-2H3. The molecule has 0 aliphatic carbocycles. The van der Waals surface area contributed by atoms with Gasteiger partial charge in [-0.2, -0.15) is 4.98 Å². The molecule has 1 fully saturated rings. The number of ether oxygens (including phenoxy) is 1. The summed E-state index contributed by atoms with van der Waals surface area (Å²) >= 11 is 0. The molecular weight excluding hydrogens is 294 g/mol. The van der Waals surface area contributed by atoms with Crippen molar-refractivity contribution in [2.24, 2.45) is 0 Å². The predicted molar refractivity (Wildman–Crippen MR) is 83.8 cm³/mol. The van der Waals surface area contributed by atoms with Crippen LogP contribution in [0, 0.1) is 13.8 Å². The van der Waals surface area contributed by atoms with Gasteiger partial charge in [0.1, 0.15) is 6.04 Å². The Bertz CT molecular complexity index is 649. The van der Waals surface area contributed by atoms with Crippen LogP contribution in [0.4, 0.5) is 0 Å². The van der Waals surface area contributed by atoms with Gasteiger partial charge in [-0.25, -0.2) is 0 Å². The van der Waals surface area contributed by atoms with Crippen molar-refractivity contribution in [1.82, 2.24) is 15.0 Å². The monoisotopic (exact) mass is 315 g/mol. The van der Waals surface area contributed by atoms with Gasteiger partial charge in [0.2, 0.25) is 12.3 Å². The molecule has 6 heteroatoms. The quantitative estimate of drug-likeness (QED) is 0.865. The molecule has 0 radical (unpaired) electrons. The van der Waals surface area contributed by atoms with Gasteiger partial charge in [0.15, 0.2) is 5.82 Å². The maximum Gasteiger partial charge on any atom is 0.223 e. The van der Waals surface area contributed by atoms with Gasteiger partial charge in [-0.3, -0.25) is 4.79 Å². The second-order valence-corrected chi connectivity index (χ2v) is 5.96. The fourth-order valence-electron chi connectivity index (χ4n) is 3.05. The van der Waals surface area contributed by atoms with Crippen LogP contribution in [0.5, 0.6) is 0 Å². The molecular formula is C17H21N3O3. The third-order valence-electron chi connectivity index (χ3n) is 4.03. The minimum atomic E-state index is -0.255. The summed E-state index contributed by atoms with van der Waals surface area (Å²) < 4.78 is 10.3. The topological polar surface area (TPSA) is 68.5 Å². The highest BCUT2D eigenvalue weighted by atomic mass is 16.5. The Morgan fingerprint density at radius 2 is 2.09 bits per heavy atom. The van der Waals surface area contributed by atoms with E-state index in [0.717, 1.165) is 6.42 Å². The van der Waals surface area contributed by atoms with E-state index in [1.54, 1.807) is 4.90 Å². The Morgan fingerprint density at radius 3 is 2.78 bits per heavy atom. The van der Waals surface area contributed by atoms with Gasteiger partial charge in [0.05, 0.1) is 13.2 Å². The number of morpholine rings is 1. The van der Waals surface area contributed by atoms with Crippen LogP contribution in [0.25, 0.3) is 0 Å². The zero-order valence-electron chi connectivity index (χ0n) is 13.5. The fourth-order valence-corrected chi connectivity index (χ4v) is 3.05. The normalized spacial score (nSPS) is 18.2. The first-order chi connectivity index (χ1) is 11.1. The van der Waals surface area contributed by atoms with Crippen LogP contribution in [-0.2, 0) is 16.0 Å². The van der Waals surface area contributed by atoms with Crippen molar-refractivity contribution in [2.45, 2.75) is 32.7 Å². The third kappa shape index (κ3) is 3.76. The van der Waals surface area contributed by atoms with Crippen LogP contribution in [0.1, 0.15) is 35.0 Å². The van der Waals surface area contributed by atoms with Gasteiger partial charge in [-0.05, 0) is 25.8 Å². The average molecular weight is 315 g/mol. The number of benzene rings is 1. The van der Waals surface area contributed by atoms with E-state index in [2.05, 4.69) is 42.2 Å². The molecule has 23 heavy (non-hydrogen) atoms. The summed E-state index contributed by atoms with van der Waals surface area (Å²) in [7, 11) is 0. The number of aryl methyl sites for hydroxylation is 3. The molecule has 1 amide bonds. The van der Waals surface area contributed by atoms with Crippen molar-refractivity contribution in [2.75, 3.05) is 19.8 Å². The van der Waals surface area contributed by atoms with Crippen LogP contribution < -0.4 is 0 Å². The molecule has 0 N–H and O–H groups in total. The zero-order chi connectivity index (χ0) is 16.2. The molecule has 2 aromatic rings. The Hall–Kier alpha value is -2.21. The minimum Gasteiger partial charge on any atom is -0.377 e. The lowest BCUT2D eigenvalue weighted by molar-refractivity contribution is -0.140. The number of hydrogen-bond acceptors (Lipinski definition) is 5. The molecule has 1 atom stereocenters. The third-order valence-corrected chi connectivity index (χ3v) is 4.03. The SMILES string of the molecule is Cc1cc(C)cc(CCC(=O)N2CCOCC2c2ncon2)c1.